The van der Waals surface area contributed by atoms with Gasteiger partial charge in [0.1, 0.15) is 5.82 Å². The van der Waals surface area contributed by atoms with Gasteiger partial charge < -0.3 is 15.0 Å². The van der Waals surface area contributed by atoms with Gasteiger partial charge in [0, 0.05) is 38.2 Å². The Kier molecular flexibility index (Phi) is 6.41. The van der Waals surface area contributed by atoms with E-state index in [2.05, 4.69) is 5.32 Å². The third kappa shape index (κ3) is 4.57. The second kappa shape index (κ2) is 8.97. The Bertz CT molecular complexity index is 838. The van der Waals surface area contributed by atoms with E-state index in [0.29, 0.717) is 31.8 Å². The summed E-state index contributed by atoms with van der Waals surface area (Å²) in [5.41, 5.74) is 2.39. The third-order valence-electron chi connectivity index (χ3n) is 5.12. The lowest BCUT2D eigenvalue weighted by Crippen LogP contribution is -2.37. The SMILES string of the molecule is COCCNC(=O)[C@H]1CN(C(=O)c2ccc(C)cc2)C[C@@H]1c1cccc(F)c1. The maximum Gasteiger partial charge on any atom is 0.253 e. The molecule has 0 saturated carbocycles. The highest BCUT2D eigenvalue weighted by Crippen LogP contribution is 2.34. The minimum Gasteiger partial charge on any atom is -0.383 e. The molecular weight excluding hydrogens is 359 g/mol. The predicted molar refractivity (Wildman–Crippen MR) is 105 cm³/mol. The number of carbonyl (C=O) groups excluding carboxylic acids is 2. The Morgan fingerprint density at radius 2 is 1.93 bits per heavy atom. The zero-order valence-corrected chi connectivity index (χ0v) is 16.2. The van der Waals surface area contributed by atoms with Crippen LogP contribution in [-0.2, 0) is 9.53 Å². The first-order valence-corrected chi connectivity index (χ1v) is 9.37. The number of ether oxygens (including phenoxy) is 1. The van der Waals surface area contributed by atoms with Crippen LogP contribution in [0.3, 0.4) is 0 Å². The zero-order chi connectivity index (χ0) is 20.1. The van der Waals surface area contributed by atoms with Crippen molar-refractivity contribution in [2.45, 2.75) is 12.8 Å². The summed E-state index contributed by atoms with van der Waals surface area (Å²) in [7, 11) is 1.57. The van der Waals surface area contributed by atoms with E-state index in [1.807, 2.05) is 25.1 Å². The fraction of sp³-hybridized carbons (Fsp3) is 0.364. The van der Waals surface area contributed by atoms with Gasteiger partial charge in [0.25, 0.3) is 5.91 Å². The highest BCUT2D eigenvalue weighted by molar-refractivity contribution is 5.95. The van der Waals surface area contributed by atoms with E-state index in [-0.39, 0.29) is 23.5 Å². The number of carbonyl (C=O) groups is 2. The van der Waals surface area contributed by atoms with Crippen molar-refractivity contribution in [1.29, 1.82) is 0 Å². The van der Waals surface area contributed by atoms with Crippen molar-refractivity contribution < 1.29 is 18.7 Å². The van der Waals surface area contributed by atoms with E-state index in [1.165, 1.54) is 12.1 Å². The van der Waals surface area contributed by atoms with E-state index >= 15 is 0 Å². The predicted octanol–water partition coefficient (Wildman–Crippen LogP) is 2.75. The molecule has 0 bridgehead atoms. The van der Waals surface area contributed by atoms with Crippen molar-refractivity contribution in [3.63, 3.8) is 0 Å². The molecule has 1 fully saturated rings. The molecule has 2 atom stereocenters. The number of methoxy groups -OCH3 is 1. The molecule has 5 nitrogen and oxygen atoms in total. The molecule has 1 heterocycles. The Labute approximate surface area is 164 Å². The van der Waals surface area contributed by atoms with Gasteiger partial charge in [-0.1, -0.05) is 29.8 Å². The molecule has 0 radical (unpaired) electrons. The molecule has 0 aromatic heterocycles. The van der Waals surface area contributed by atoms with Gasteiger partial charge in [-0.2, -0.15) is 0 Å². The van der Waals surface area contributed by atoms with Crippen LogP contribution in [0.15, 0.2) is 48.5 Å². The summed E-state index contributed by atoms with van der Waals surface area (Å²) in [5, 5.41) is 2.85. The molecule has 1 aliphatic heterocycles. The van der Waals surface area contributed by atoms with Crippen molar-refractivity contribution in [2.24, 2.45) is 5.92 Å². The monoisotopic (exact) mass is 384 g/mol. The van der Waals surface area contributed by atoms with Crippen molar-refractivity contribution in [3.8, 4) is 0 Å². The van der Waals surface area contributed by atoms with Gasteiger partial charge in [0.15, 0.2) is 0 Å². The van der Waals surface area contributed by atoms with Gasteiger partial charge in [0.05, 0.1) is 12.5 Å². The van der Waals surface area contributed by atoms with Crippen LogP contribution in [0.2, 0.25) is 0 Å². The van der Waals surface area contributed by atoms with Gasteiger partial charge in [-0.3, -0.25) is 9.59 Å². The molecule has 0 unspecified atom stereocenters. The molecule has 148 valence electrons. The number of likely N-dealkylation sites (tertiary alicyclic amines) is 1. The molecule has 3 rings (SSSR count). The minimum atomic E-state index is -0.437. The lowest BCUT2D eigenvalue weighted by molar-refractivity contribution is -0.125. The molecule has 2 aromatic carbocycles. The first-order chi connectivity index (χ1) is 13.5. The number of aryl methyl sites for hydroxylation is 1. The van der Waals surface area contributed by atoms with Gasteiger partial charge in [-0.25, -0.2) is 4.39 Å². The molecule has 1 saturated heterocycles. The van der Waals surface area contributed by atoms with E-state index < -0.39 is 5.92 Å². The van der Waals surface area contributed by atoms with Crippen molar-refractivity contribution in [3.05, 3.63) is 71.0 Å². The minimum absolute atomic E-state index is 0.117. The number of hydrogen-bond donors (Lipinski definition) is 1. The summed E-state index contributed by atoms with van der Waals surface area (Å²) >= 11 is 0. The fourth-order valence-corrected chi connectivity index (χ4v) is 3.60. The van der Waals surface area contributed by atoms with Crippen LogP contribution < -0.4 is 5.32 Å². The Balaban J connectivity index is 1.82. The molecule has 2 aromatic rings. The summed E-state index contributed by atoms with van der Waals surface area (Å²) < 4.78 is 18.7. The maximum atomic E-state index is 13.8. The number of halogens is 1. The van der Waals surface area contributed by atoms with Gasteiger partial charge >= 0.3 is 0 Å². The maximum absolute atomic E-state index is 13.8. The lowest BCUT2D eigenvalue weighted by atomic mass is 9.88. The van der Waals surface area contributed by atoms with E-state index in [1.54, 1.807) is 30.2 Å². The van der Waals surface area contributed by atoms with E-state index in [4.69, 9.17) is 4.74 Å². The summed E-state index contributed by atoms with van der Waals surface area (Å²) in [6.07, 6.45) is 0. The smallest absolute Gasteiger partial charge is 0.253 e. The number of amides is 2. The van der Waals surface area contributed by atoms with Crippen LogP contribution in [0.5, 0.6) is 0 Å². The van der Waals surface area contributed by atoms with Crippen LogP contribution in [0, 0.1) is 18.7 Å². The van der Waals surface area contributed by atoms with Gasteiger partial charge in [0.2, 0.25) is 5.91 Å². The van der Waals surface area contributed by atoms with Crippen molar-refractivity contribution >= 4 is 11.8 Å². The van der Waals surface area contributed by atoms with Crippen LogP contribution in [0.1, 0.15) is 27.4 Å². The van der Waals surface area contributed by atoms with Gasteiger partial charge in [-0.05, 0) is 36.8 Å². The molecule has 0 aliphatic carbocycles. The molecule has 1 aliphatic rings. The topological polar surface area (TPSA) is 58.6 Å². The normalized spacial score (nSPS) is 18.9. The van der Waals surface area contributed by atoms with E-state index in [0.717, 1.165) is 11.1 Å². The molecule has 2 amide bonds. The summed E-state index contributed by atoms with van der Waals surface area (Å²) in [6.45, 7) is 3.44. The average Bonchev–Trinajstić information content (AvgIpc) is 3.14. The average molecular weight is 384 g/mol. The van der Waals surface area contributed by atoms with Gasteiger partial charge in [-0.15, -0.1) is 0 Å². The van der Waals surface area contributed by atoms with E-state index in [9.17, 15) is 14.0 Å². The highest BCUT2D eigenvalue weighted by atomic mass is 19.1. The molecule has 28 heavy (non-hydrogen) atoms. The summed E-state index contributed by atoms with van der Waals surface area (Å²) in [4.78, 5) is 27.4. The third-order valence-corrected chi connectivity index (χ3v) is 5.12. The second-order valence-corrected chi connectivity index (χ2v) is 7.13. The Morgan fingerprint density at radius 3 is 2.61 bits per heavy atom. The number of hydrogen-bond acceptors (Lipinski definition) is 3. The van der Waals surface area contributed by atoms with Crippen LogP contribution in [0.4, 0.5) is 4.39 Å². The number of nitrogens with one attached hydrogen (secondary N) is 1. The second-order valence-electron chi connectivity index (χ2n) is 7.13. The first kappa shape index (κ1) is 20.0. The van der Waals surface area contributed by atoms with Crippen LogP contribution in [-0.4, -0.2) is 50.1 Å². The Morgan fingerprint density at radius 1 is 1.18 bits per heavy atom. The molecular formula is C22H25FN2O3. The lowest BCUT2D eigenvalue weighted by Gasteiger charge is -2.18. The standard InChI is InChI=1S/C22H25FN2O3/c1-15-6-8-16(9-7-15)22(27)25-13-19(17-4-3-5-18(23)12-17)20(14-25)21(26)24-10-11-28-2/h3-9,12,19-20H,10-11,13-14H2,1-2H3,(H,24,26)/t19-,20+/m1/s1. The van der Waals surface area contributed by atoms with Crippen molar-refractivity contribution in [2.75, 3.05) is 33.4 Å². The fourth-order valence-electron chi connectivity index (χ4n) is 3.60. The number of rotatable bonds is 6. The van der Waals surface area contributed by atoms with Crippen molar-refractivity contribution in [1.82, 2.24) is 10.2 Å². The molecule has 6 heteroatoms. The largest absolute Gasteiger partial charge is 0.383 e. The molecule has 1 N–H and O–H groups in total. The highest BCUT2D eigenvalue weighted by Gasteiger charge is 2.40. The van der Waals surface area contributed by atoms with Crippen LogP contribution >= 0.6 is 0 Å². The quantitative estimate of drug-likeness (QED) is 0.779. The number of nitrogens with zero attached hydrogens (tertiary/aromatic N) is 1. The summed E-state index contributed by atoms with van der Waals surface area (Å²) in [5.74, 6) is -1.31. The summed E-state index contributed by atoms with van der Waals surface area (Å²) in [6, 6.07) is 13.6. The number of benzene rings is 2. The molecule has 0 spiro atoms. The van der Waals surface area contributed by atoms with Crippen LogP contribution in [0.25, 0.3) is 0 Å². The first-order valence-electron chi connectivity index (χ1n) is 9.37. The Hall–Kier alpha value is -2.73. The zero-order valence-electron chi connectivity index (χ0n) is 16.2.